The van der Waals surface area contributed by atoms with Crippen LogP contribution in [0.15, 0.2) is 42.5 Å². The average Bonchev–Trinajstić information content (AvgIpc) is 2.71. The molecule has 1 aliphatic rings. The van der Waals surface area contributed by atoms with Crippen LogP contribution in [-0.4, -0.2) is 49.9 Å². The number of hydrogen-bond donors (Lipinski definition) is 1. The highest BCUT2D eigenvalue weighted by Crippen LogP contribution is 2.27. The molecule has 7 nitrogen and oxygen atoms in total. The van der Waals surface area contributed by atoms with Crippen LogP contribution in [0.3, 0.4) is 0 Å². The Kier molecular flexibility index (Phi) is 5.93. The first kappa shape index (κ1) is 19.4. The predicted octanol–water partition coefficient (Wildman–Crippen LogP) is 1.59. The third kappa shape index (κ3) is 4.14. The minimum atomic E-state index is -0.429. The van der Waals surface area contributed by atoms with Crippen LogP contribution in [0.5, 0.6) is 11.5 Å². The van der Waals surface area contributed by atoms with Crippen LogP contribution >= 0.6 is 0 Å². The Morgan fingerprint density at radius 2 is 1.82 bits per heavy atom. The molecule has 0 spiro atoms. The summed E-state index contributed by atoms with van der Waals surface area (Å²) in [5.74, 6) is 0.0920. The summed E-state index contributed by atoms with van der Waals surface area (Å²) in [7, 11) is 3.13. The largest absolute Gasteiger partial charge is 0.493 e. The topological polar surface area (TPSA) is 84.9 Å². The summed E-state index contributed by atoms with van der Waals surface area (Å²) in [5, 5.41) is 2.75. The van der Waals surface area contributed by atoms with Gasteiger partial charge in [-0.05, 0) is 35.7 Å². The Morgan fingerprint density at radius 3 is 2.57 bits per heavy atom. The second kappa shape index (κ2) is 8.56. The maximum absolute atomic E-state index is 12.5. The van der Waals surface area contributed by atoms with Gasteiger partial charge in [-0.15, -0.1) is 0 Å². The number of ether oxygens (including phenoxy) is 2. The van der Waals surface area contributed by atoms with Crippen LogP contribution in [0, 0.1) is 0 Å². The van der Waals surface area contributed by atoms with E-state index in [1.807, 2.05) is 12.1 Å². The lowest BCUT2D eigenvalue weighted by Crippen LogP contribution is -2.47. The fourth-order valence-electron chi connectivity index (χ4n) is 3.14. The second-order valence-corrected chi connectivity index (χ2v) is 6.41. The molecule has 3 rings (SSSR count). The molecule has 0 aliphatic carbocycles. The minimum absolute atomic E-state index is 0.126. The van der Waals surface area contributed by atoms with Crippen LogP contribution < -0.4 is 14.8 Å². The number of rotatable bonds is 7. The number of fused-ring (bicyclic) bond motifs is 1. The van der Waals surface area contributed by atoms with E-state index in [4.69, 9.17) is 9.47 Å². The van der Waals surface area contributed by atoms with Crippen molar-refractivity contribution in [1.82, 2.24) is 10.2 Å². The lowest BCUT2D eigenvalue weighted by molar-refractivity contribution is -0.133. The summed E-state index contributed by atoms with van der Waals surface area (Å²) < 4.78 is 10.5. The quantitative estimate of drug-likeness (QED) is 0.735. The minimum Gasteiger partial charge on any atom is -0.493 e. The molecule has 7 heteroatoms. The number of methoxy groups -OCH3 is 2. The number of carbonyl (C=O) groups is 3. The fourth-order valence-corrected chi connectivity index (χ4v) is 3.14. The molecule has 1 heterocycles. The third-order valence-corrected chi connectivity index (χ3v) is 4.62. The van der Waals surface area contributed by atoms with E-state index in [0.29, 0.717) is 35.6 Å². The van der Waals surface area contributed by atoms with E-state index in [0.717, 1.165) is 10.5 Å². The molecule has 28 heavy (non-hydrogen) atoms. The molecular weight excluding hydrogens is 360 g/mol. The van der Waals surface area contributed by atoms with Crippen molar-refractivity contribution in [2.24, 2.45) is 0 Å². The standard InChI is InChI=1S/C21H22N2O5/c1-27-17-8-7-14(11-18(17)28-2)9-10-22-19(24)13-23-20(25)12-15-5-3-4-6-16(15)21(23)26/h3-8,11H,9-10,12-13H2,1-2H3,(H,22,24). The zero-order valence-corrected chi connectivity index (χ0v) is 15.9. The van der Waals surface area contributed by atoms with Crippen LogP contribution in [0.4, 0.5) is 0 Å². The molecule has 0 atom stereocenters. The molecule has 2 aromatic carbocycles. The molecule has 0 saturated heterocycles. The van der Waals surface area contributed by atoms with Gasteiger partial charge in [0.25, 0.3) is 5.91 Å². The Labute approximate surface area is 163 Å². The zero-order valence-electron chi connectivity index (χ0n) is 15.9. The van der Waals surface area contributed by atoms with Gasteiger partial charge in [0.1, 0.15) is 6.54 Å². The van der Waals surface area contributed by atoms with E-state index in [2.05, 4.69) is 5.32 Å². The summed E-state index contributed by atoms with van der Waals surface area (Å²) in [5.41, 5.74) is 2.14. The van der Waals surface area contributed by atoms with Crippen molar-refractivity contribution in [3.8, 4) is 11.5 Å². The van der Waals surface area contributed by atoms with Gasteiger partial charge in [0.05, 0.1) is 20.6 Å². The van der Waals surface area contributed by atoms with Gasteiger partial charge in [0.2, 0.25) is 11.8 Å². The van der Waals surface area contributed by atoms with E-state index in [1.165, 1.54) is 0 Å². The number of benzene rings is 2. The van der Waals surface area contributed by atoms with Gasteiger partial charge >= 0.3 is 0 Å². The number of nitrogens with one attached hydrogen (secondary N) is 1. The number of hydrogen-bond acceptors (Lipinski definition) is 5. The maximum Gasteiger partial charge on any atom is 0.261 e. The fraction of sp³-hybridized carbons (Fsp3) is 0.286. The highest BCUT2D eigenvalue weighted by molar-refractivity contribution is 6.11. The number of nitrogens with zero attached hydrogens (tertiary/aromatic N) is 1. The average molecular weight is 382 g/mol. The summed E-state index contributed by atoms with van der Waals surface area (Å²) in [6.07, 6.45) is 0.706. The van der Waals surface area contributed by atoms with Crippen molar-refractivity contribution in [2.45, 2.75) is 12.8 Å². The van der Waals surface area contributed by atoms with Gasteiger partial charge < -0.3 is 14.8 Å². The molecule has 0 bridgehead atoms. The van der Waals surface area contributed by atoms with E-state index >= 15 is 0 Å². The summed E-state index contributed by atoms with van der Waals surface area (Å²) in [6, 6.07) is 12.5. The molecule has 0 aromatic heterocycles. The molecule has 0 saturated carbocycles. The SMILES string of the molecule is COc1ccc(CCNC(=O)CN2C(=O)Cc3ccccc3C2=O)cc1OC. The van der Waals surface area contributed by atoms with Gasteiger partial charge in [-0.1, -0.05) is 24.3 Å². The van der Waals surface area contributed by atoms with Crippen LogP contribution in [0.2, 0.25) is 0 Å². The van der Waals surface area contributed by atoms with Gasteiger partial charge in [-0.25, -0.2) is 0 Å². The Balaban J connectivity index is 1.55. The predicted molar refractivity (Wildman–Crippen MR) is 102 cm³/mol. The molecule has 3 amide bonds. The normalized spacial score (nSPS) is 13.1. The van der Waals surface area contributed by atoms with Crippen molar-refractivity contribution in [1.29, 1.82) is 0 Å². The Hall–Kier alpha value is -3.35. The van der Waals surface area contributed by atoms with Gasteiger partial charge in [-0.2, -0.15) is 0 Å². The molecule has 0 fully saturated rings. The van der Waals surface area contributed by atoms with E-state index < -0.39 is 5.91 Å². The number of carbonyl (C=O) groups excluding carboxylic acids is 3. The Bertz CT molecular complexity index is 909. The van der Waals surface area contributed by atoms with Gasteiger partial charge in [0, 0.05) is 12.1 Å². The van der Waals surface area contributed by atoms with E-state index in [-0.39, 0.29) is 24.8 Å². The molecule has 0 radical (unpaired) electrons. The highest BCUT2D eigenvalue weighted by Gasteiger charge is 2.31. The molecule has 2 aromatic rings. The molecule has 0 unspecified atom stereocenters. The first-order chi connectivity index (χ1) is 13.5. The lowest BCUT2D eigenvalue weighted by Gasteiger charge is -2.26. The molecule has 146 valence electrons. The van der Waals surface area contributed by atoms with Gasteiger partial charge in [0.15, 0.2) is 11.5 Å². The third-order valence-electron chi connectivity index (χ3n) is 4.62. The van der Waals surface area contributed by atoms with Crippen molar-refractivity contribution >= 4 is 17.7 Å². The lowest BCUT2D eigenvalue weighted by atomic mass is 9.98. The Morgan fingerprint density at radius 1 is 1.07 bits per heavy atom. The maximum atomic E-state index is 12.5. The van der Waals surface area contributed by atoms with Crippen molar-refractivity contribution < 1.29 is 23.9 Å². The molecule has 1 N–H and O–H groups in total. The number of amides is 3. The second-order valence-electron chi connectivity index (χ2n) is 6.41. The van der Waals surface area contributed by atoms with Gasteiger partial charge in [-0.3, -0.25) is 19.3 Å². The molecule has 1 aliphatic heterocycles. The molecular formula is C21H22N2O5. The highest BCUT2D eigenvalue weighted by atomic mass is 16.5. The van der Waals surface area contributed by atoms with Crippen LogP contribution in [0.1, 0.15) is 21.5 Å². The van der Waals surface area contributed by atoms with Crippen molar-refractivity contribution in [2.75, 3.05) is 27.3 Å². The smallest absolute Gasteiger partial charge is 0.261 e. The van der Waals surface area contributed by atoms with Crippen LogP contribution in [-0.2, 0) is 22.4 Å². The summed E-state index contributed by atoms with van der Waals surface area (Å²) in [4.78, 5) is 38.0. The van der Waals surface area contributed by atoms with Crippen molar-refractivity contribution in [3.05, 3.63) is 59.2 Å². The van der Waals surface area contributed by atoms with E-state index in [1.54, 1.807) is 44.6 Å². The monoisotopic (exact) mass is 382 g/mol. The zero-order chi connectivity index (χ0) is 20.1. The van der Waals surface area contributed by atoms with Crippen molar-refractivity contribution in [3.63, 3.8) is 0 Å². The summed E-state index contributed by atoms with van der Waals surface area (Å²) >= 11 is 0. The van der Waals surface area contributed by atoms with Crippen LogP contribution in [0.25, 0.3) is 0 Å². The number of imide groups is 1. The summed E-state index contributed by atoms with van der Waals surface area (Å²) in [6.45, 7) is 0.0963. The van der Waals surface area contributed by atoms with E-state index in [9.17, 15) is 14.4 Å². The first-order valence-electron chi connectivity index (χ1n) is 8.93. The first-order valence-corrected chi connectivity index (χ1v) is 8.93.